The zero-order valence-corrected chi connectivity index (χ0v) is 14.9. The van der Waals surface area contributed by atoms with Crippen LogP contribution in [0.15, 0.2) is 60.8 Å². The molecule has 1 aliphatic heterocycles. The van der Waals surface area contributed by atoms with Crippen molar-refractivity contribution in [1.82, 2.24) is 19.9 Å². The molecule has 0 spiro atoms. The van der Waals surface area contributed by atoms with E-state index in [1.54, 1.807) is 24.3 Å². The van der Waals surface area contributed by atoms with Gasteiger partial charge in [-0.2, -0.15) is 9.90 Å². The number of anilines is 1. The summed E-state index contributed by atoms with van der Waals surface area (Å²) in [5.74, 6) is -0.674. The molecule has 8 nitrogen and oxygen atoms in total. The molecule has 140 valence electrons. The number of benzene rings is 2. The van der Waals surface area contributed by atoms with E-state index in [2.05, 4.69) is 15.5 Å². The zero-order valence-electron chi connectivity index (χ0n) is 14.9. The van der Waals surface area contributed by atoms with Gasteiger partial charge in [0, 0.05) is 18.5 Å². The maximum absolute atomic E-state index is 12.4. The van der Waals surface area contributed by atoms with Gasteiger partial charge in [-0.15, -0.1) is 5.10 Å². The third-order valence-corrected chi connectivity index (χ3v) is 4.42. The molecule has 2 heterocycles. The zero-order chi connectivity index (χ0) is 19.5. The molecule has 3 aromatic rings. The Kier molecular flexibility index (Phi) is 4.67. The van der Waals surface area contributed by atoms with Gasteiger partial charge in [-0.3, -0.25) is 19.3 Å². The normalized spacial score (nSPS) is 13.8. The topological polar surface area (TPSA) is 97.2 Å². The summed E-state index contributed by atoms with van der Waals surface area (Å²) >= 11 is 0. The van der Waals surface area contributed by atoms with Crippen LogP contribution in [0.25, 0.3) is 5.69 Å². The lowest BCUT2D eigenvalue weighted by atomic mass is 10.2. The smallest absolute Gasteiger partial charge is 0.277 e. The van der Waals surface area contributed by atoms with E-state index in [4.69, 9.17) is 0 Å². The lowest BCUT2D eigenvalue weighted by molar-refractivity contribution is -0.139. The van der Waals surface area contributed by atoms with Crippen molar-refractivity contribution < 1.29 is 14.4 Å². The number of carbonyl (C=O) groups is 3. The molecule has 4 rings (SSSR count). The minimum atomic E-state index is -0.375. The first kappa shape index (κ1) is 17.6. The van der Waals surface area contributed by atoms with Gasteiger partial charge < -0.3 is 5.32 Å². The van der Waals surface area contributed by atoms with Gasteiger partial charge in [-0.05, 0) is 29.8 Å². The number of aromatic nitrogens is 3. The lowest BCUT2D eigenvalue weighted by Gasteiger charge is -2.14. The Bertz CT molecular complexity index is 1010. The predicted octanol–water partition coefficient (Wildman–Crippen LogP) is 2.17. The van der Waals surface area contributed by atoms with Crippen molar-refractivity contribution in [3.8, 4) is 5.69 Å². The Labute approximate surface area is 160 Å². The number of imide groups is 1. The van der Waals surface area contributed by atoms with E-state index in [9.17, 15) is 14.4 Å². The summed E-state index contributed by atoms with van der Waals surface area (Å²) in [6.07, 6.45) is 1.95. The standard InChI is InChI=1S/C20H17N5O3/c26-18-10-11-19(27)24(18)13-14-6-8-15(9-7-14)22-20(28)17-12-21-25(23-17)16-4-2-1-3-5-16/h1-9,12H,10-11,13H2,(H,22,28). The predicted molar refractivity (Wildman–Crippen MR) is 101 cm³/mol. The second kappa shape index (κ2) is 7.43. The van der Waals surface area contributed by atoms with Crippen molar-refractivity contribution in [2.24, 2.45) is 0 Å². The van der Waals surface area contributed by atoms with E-state index in [1.165, 1.54) is 15.9 Å². The van der Waals surface area contributed by atoms with Crippen LogP contribution in [0.5, 0.6) is 0 Å². The number of nitrogens with one attached hydrogen (secondary N) is 1. The van der Waals surface area contributed by atoms with Gasteiger partial charge in [0.2, 0.25) is 11.8 Å². The first-order valence-electron chi connectivity index (χ1n) is 8.81. The number of hydrogen-bond donors (Lipinski definition) is 1. The third kappa shape index (κ3) is 3.66. The summed E-state index contributed by atoms with van der Waals surface area (Å²) in [5, 5.41) is 11.1. The lowest BCUT2D eigenvalue weighted by Crippen LogP contribution is -2.28. The fourth-order valence-corrected chi connectivity index (χ4v) is 2.92. The second-order valence-electron chi connectivity index (χ2n) is 6.38. The average molecular weight is 375 g/mol. The van der Waals surface area contributed by atoms with Crippen LogP contribution in [0, 0.1) is 0 Å². The van der Waals surface area contributed by atoms with Crippen molar-refractivity contribution in [3.63, 3.8) is 0 Å². The highest BCUT2D eigenvalue weighted by molar-refractivity contribution is 6.03. The summed E-state index contributed by atoms with van der Waals surface area (Å²) < 4.78 is 0. The molecule has 0 atom stereocenters. The molecule has 0 unspecified atom stereocenters. The highest BCUT2D eigenvalue weighted by Crippen LogP contribution is 2.17. The molecule has 2 aromatic carbocycles. The van der Waals surface area contributed by atoms with Crippen molar-refractivity contribution >= 4 is 23.4 Å². The molecule has 8 heteroatoms. The summed E-state index contributed by atoms with van der Waals surface area (Å²) in [5.41, 5.74) is 2.36. The minimum absolute atomic E-state index is 0.149. The molecule has 28 heavy (non-hydrogen) atoms. The first-order valence-corrected chi connectivity index (χ1v) is 8.81. The van der Waals surface area contributed by atoms with Crippen LogP contribution >= 0.6 is 0 Å². The van der Waals surface area contributed by atoms with E-state index in [0.29, 0.717) is 5.69 Å². The van der Waals surface area contributed by atoms with Gasteiger partial charge >= 0.3 is 0 Å². The summed E-state index contributed by atoms with van der Waals surface area (Å²) in [7, 11) is 0. The number of carbonyl (C=O) groups excluding carboxylic acids is 3. The van der Waals surface area contributed by atoms with Crippen LogP contribution in [0.4, 0.5) is 5.69 Å². The van der Waals surface area contributed by atoms with E-state index in [0.717, 1.165) is 11.3 Å². The second-order valence-corrected chi connectivity index (χ2v) is 6.38. The Morgan fingerprint density at radius 2 is 1.64 bits per heavy atom. The van der Waals surface area contributed by atoms with Crippen molar-refractivity contribution in [2.45, 2.75) is 19.4 Å². The molecule has 3 amide bonds. The van der Waals surface area contributed by atoms with Crippen LogP contribution in [0.2, 0.25) is 0 Å². The summed E-state index contributed by atoms with van der Waals surface area (Å²) in [6.45, 7) is 0.247. The fourth-order valence-electron chi connectivity index (χ4n) is 2.92. The Balaban J connectivity index is 1.40. The van der Waals surface area contributed by atoms with Crippen molar-refractivity contribution in [2.75, 3.05) is 5.32 Å². The molecule has 0 radical (unpaired) electrons. The highest BCUT2D eigenvalue weighted by atomic mass is 16.2. The molecule has 1 saturated heterocycles. The summed E-state index contributed by atoms with van der Waals surface area (Å²) in [6, 6.07) is 16.3. The van der Waals surface area contributed by atoms with Crippen LogP contribution < -0.4 is 5.32 Å². The van der Waals surface area contributed by atoms with Crippen LogP contribution in [-0.2, 0) is 16.1 Å². The monoisotopic (exact) mass is 375 g/mol. The van der Waals surface area contributed by atoms with Crippen molar-refractivity contribution in [3.05, 3.63) is 72.1 Å². The third-order valence-electron chi connectivity index (χ3n) is 4.42. The molecule has 0 saturated carbocycles. The Morgan fingerprint density at radius 3 is 2.32 bits per heavy atom. The SMILES string of the molecule is O=C(Nc1ccc(CN2C(=O)CCC2=O)cc1)c1cnn(-c2ccccc2)n1. The van der Waals surface area contributed by atoms with Crippen LogP contribution in [0.1, 0.15) is 28.9 Å². The molecule has 0 bridgehead atoms. The van der Waals surface area contributed by atoms with Crippen LogP contribution in [-0.4, -0.2) is 37.6 Å². The van der Waals surface area contributed by atoms with Gasteiger partial charge in [-0.1, -0.05) is 30.3 Å². The quantitative estimate of drug-likeness (QED) is 0.690. The Morgan fingerprint density at radius 1 is 0.964 bits per heavy atom. The maximum Gasteiger partial charge on any atom is 0.277 e. The minimum Gasteiger partial charge on any atom is -0.321 e. The van der Waals surface area contributed by atoms with Gasteiger partial charge in [0.25, 0.3) is 5.91 Å². The van der Waals surface area contributed by atoms with Gasteiger partial charge in [0.15, 0.2) is 5.69 Å². The van der Waals surface area contributed by atoms with Crippen molar-refractivity contribution in [1.29, 1.82) is 0 Å². The molecular weight excluding hydrogens is 358 g/mol. The molecule has 1 aliphatic rings. The maximum atomic E-state index is 12.4. The van der Waals surface area contributed by atoms with E-state index in [1.807, 2.05) is 30.3 Å². The first-order chi connectivity index (χ1) is 13.6. The van der Waals surface area contributed by atoms with Gasteiger partial charge in [0.05, 0.1) is 18.4 Å². The number of nitrogens with zero attached hydrogens (tertiary/aromatic N) is 4. The molecule has 0 aliphatic carbocycles. The number of para-hydroxylation sites is 1. The number of hydrogen-bond acceptors (Lipinski definition) is 5. The molecule has 1 N–H and O–H groups in total. The number of rotatable bonds is 5. The molecule has 1 fully saturated rings. The van der Waals surface area contributed by atoms with Gasteiger partial charge in [0.1, 0.15) is 0 Å². The van der Waals surface area contributed by atoms with Gasteiger partial charge in [-0.25, -0.2) is 0 Å². The van der Waals surface area contributed by atoms with Crippen LogP contribution in [0.3, 0.4) is 0 Å². The average Bonchev–Trinajstić information content (AvgIpc) is 3.33. The number of amides is 3. The van der Waals surface area contributed by atoms with E-state index >= 15 is 0 Å². The Hall–Kier alpha value is -3.81. The van der Waals surface area contributed by atoms with E-state index < -0.39 is 0 Å². The molecular formula is C20H17N5O3. The highest BCUT2D eigenvalue weighted by Gasteiger charge is 2.28. The molecule has 1 aromatic heterocycles. The number of likely N-dealkylation sites (tertiary alicyclic amines) is 1. The fraction of sp³-hybridized carbons (Fsp3) is 0.150. The van der Waals surface area contributed by atoms with E-state index in [-0.39, 0.29) is 42.8 Å². The summed E-state index contributed by atoms with van der Waals surface area (Å²) in [4.78, 5) is 38.4. The largest absolute Gasteiger partial charge is 0.321 e.